The summed E-state index contributed by atoms with van der Waals surface area (Å²) in [7, 11) is 0. The van der Waals surface area contributed by atoms with Gasteiger partial charge in [0.1, 0.15) is 0 Å². The maximum Gasteiger partial charge on any atom is 0.342 e. The molecule has 6 nitrogen and oxygen atoms in total. The van der Waals surface area contributed by atoms with E-state index in [-0.39, 0.29) is 6.42 Å². The van der Waals surface area contributed by atoms with E-state index < -0.39 is 11.9 Å². The summed E-state index contributed by atoms with van der Waals surface area (Å²) in [6.07, 6.45) is 1.82. The summed E-state index contributed by atoms with van der Waals surface area (Å²) in [5.41, 5.74) is 6.20. The van der Waals surface area contributed by atoms with Crippen molar-refractivity contribution in [3.8, 4) is 0 Å². The molecular weight excluding hydrogens is 184 g/mol. The van der Waals surface area contributed by atoms with E-state index in [0.717, 1.165) is 5.69 Å². The Morgan fingerprint density at radius 1 is 1.64 bits per heavy atom. The lowest BCUT2D eigenvalue weighted by molar-refractivity contribution is -0.125. The van der Waals surface area contributed by atoms with Crippen LogP contribution in [-0.4, -0.2) is 27.6 Å². The lowest BCUT2D eigenvalue weighted by Gasteiger charge is -2.02. The van der Waals surface area contributed by atoms with Crippen molar-refractivity contribution in [3.63, 3.8) is 0 Å². The minimum absolute atomic E-state index is 0.101. The Labute approximate surface area is 79.4 Å². The van der Waals surface area contributed by atoms with Gasteiger partial charge in [0, 0.05) is 6.20 Å². The molecule has 1 aromatic rings. The molecule has 3 amide bonds. The minimum atomic E-state index is -0.850. The lowest BCUT2D eigenvalue weighted by Crippen LogP contribution is -2.33. The summed E-state index contributed by atoms with van der Waals surface area (Å²) in [5, 5.41) is 4.48. The number of carbonyl (C=O) groups excluding carboxylic acids is 2. The van der Waals surface area contributed by atoms with Crippen LogP contribution in [0.2, 0.25) is 0 Å². The van der Waals surface area contributed by atoms with Gasteiger partial charge in [0.15, 0.2) is 0 Å². The summed E-state index contributed by atoms with van der Waals surface area (Å²) in [4.78, 5) is 24.9. The molecule has 72 valence electrons. The molecule has 0 aromatic carbocycles. The smallest absolute Gasteiger partial charge is 0.342 e. The normalized spacial score (nSPS) is 15.9. The van der Waals surface area contributed by atoms with Gasteiger partial charge in [-0.1, -0.05) is 0 Å². The highest BCUT2D eigenvalue weighted by molar-refractivity contribution is 6.16. The second-order valence-electron chi connectivity index (χ2n) is 2.85. The number of nitrogens with zero attached hydrogens (tertiary/aromatic N) is 2. The van der Waals surface area contributed by atoms with Crippen LogP contribution in [0.15, 0.2) is 23.4 Å². The number of hydrazone groups is 1. The quantitative estimate of drug-likeness (QED) is 0.657. The maximum atomic E-state index is 11.2. The van der Waals surface area contributed by atoms with E-state index in [2.05, 4.69) is 10.1 Å². The monoisotopic (exact) mass is 192 g/mol. The third-order valence-corrected chi connectivity index (χ3v) is 1.89. The van der Waals surface area contributed by atoms with Crippen molar-refractivity contribution < 1.29 is 9.59 Å². The number of H-pyrrole nitrogens is 1. The molecule has 6 heteroatoms. The number of amides is 3. The fourth-order valence-electron chi connectivity index (χ4n) is 1.26. The van der Waals surface area contributed by atoms with Crippen LogP contribution in [0.25, 0.3) is 0 Å². The first-order chi connectivity index (χ1) is 6.68. The van der Waals surface area contributed by atoms with Crippen molar-refractivity contribution in [1.29, 1.82) is 0 Å². The second kappa shape index (κ2) is 2.99. The molecular formula is C8H8N4O2. The zero-order chi connectivity index (χ0) is 10.1. The van der Waals surface area contributed by atoms with Crippen molar-refractivity contribution in [1.82, 2.24) is 9.99 Å². The first kappa shape index (κ1) is 8.49. The average molecular weight is 192 g/mol. The van der Waals surface area contributed by atoms with Gasteiger partial charge in [-0.2, -0.15) is 5.10 Å². The van der Waals surface area contributed by atoms with Crippen LogP contribution >= 0.6 is 0 Å². The molecule has 0 bridgehead atoms. The van der Waals surface area contributed by atoms with E-state index >= 15 is 0 Å². The molecule has 3 N–H and O–H groups in total. The molecule has 0 spiro atoms. The number of hydrogen-bond donors (Lipinski definition) is 2. The predicted molar refractivity (Wildman–Crippen MR) is 48.4 cm³/mol. The van der Waals surface area contributed by atoms with Crippen molar-refractivity contribution in [2.75, 3.05) is 0 Å². The van der Waals surface area contributed by atoms with Gasteiger partial charge in [0.2, 0.25) is 0 Å². The molecule has 1 aliphatic rings. The Morgan fingerprint density at radius 3 is 2.93 bits per heavy atom. The van der Waals surface area contributed by atoms with Gasteiger partial charge in [0.25, 0.3) is 5.91 Å². The van der Waals surface area contributed by atoms with Crippen molar-refractivity contribution in [2.45, 2.75) is 6.42 Å². The Kier molecular flexibility index (Phi) is 1.81. The Morgan fingerprint density at radius 2 is 2.43 bits per heavy atom. The number of primary amides is 1. The van der Waals surface area contributed by atoms with Gasteiger partial charge >= 0.3 is 6.03 Å². The highest BCUT2D eigenvalue weighted by atomic mass is 16.2. The van der Waals surface area contributed by atoms with Crippen LogP contribution in [0.1, 0.15) is 12.1 Å². The first-order valence-electron chi connectivity index (χ1n) is 4.02. The summed E-state index contributed by atoms with van der Waals surface area (Å²) >= 11 is 0. The molecule has 0 atom stereocenters. The summed E-state index contributed by atoms with van der Waals surface area (Å²) in [5.74, 6) is -0.401. The van der Waals surface area contributed by atoms with E-state index in [4.69, 9.17) is 5.73 Å². The molecule has 1 aliphatic heterocycles. The van der Waals surface area contributed by atoms with Gasteiger partial charge in [0.05, 0.1) is 17.8 Å². The molecule has 0 fully saturated rings. The SMILES string of the molecule is NC(=O)N1N=C(c2ccc[nH]2)CC1=O. The standard InChI is InChI=1S/C8H8N4O2/c9-8(14)12-7(13)4-6(11-12)5-2-1-3-10-5/h1-3,10H,4H2,(H2,9,14). The summed E-state index contributed by atoms with van der Waals surface area (Å²) in [6.45, 7) is 0. The van der Waals surface area contributed by atoms with Crippen molar-refractivity contribution >= 4 is 17.6 Å². The number of rotatable bonds is 1. The number of aromatic nitrogens is 1. The molecule has 14 heavy (non-hydrogen) atoms. The van der Waals surface area contributed by atoms with E-state index in [1.165, 1.54) is 0 Å². The fourth-order valence-corrected chi connectivity index (χ4v) is 1.26. The third-order valence-electron chi connectivity index (χ3n) is 1.89. The minimum Gasteiger partial charge on any atom is -0.360 e. The van der Waals surface area contributed by atoms with Gasteiger partial charge in [-0.25, -0.2) is 4.79 Å². The second-order valence-corrected chi connectivity index (χ2v) is 2.85. The van der Waals surface area contributed by atoms with E-state index in [0.29, 0.717) is 10.7 Å². The van der Waals surface area contributed by atoms with Crippen molar-refractivity contribution in [3.05, 3.63) is 24.0 Å². The molecule has 2 rings (SSSR count). The van der Waals surface area contributed by atoms with Crippen LogP contribution in [0.4, 0.5) is 4.79 Å². The molecule has 1 aromatic heterocycles. The Bertz CT molecular complexity index is 407. The van der Waals surface area contributed by atoms with Gasteiger partial charge in [-0.3, -0.25) is 4.79 Å². The molecule has 0 saturated carbocycles. The Balaban J connectivity index is 2.29. The highest BCUT2D eigenvalue weighted by Gasteiger charge is 2.28. The van der Waals surface area contributed by atoms with Gasteiger partial charge < -0.3 is 10.7 Å². The van der Waals surface area contributed by atoms with E-state index in [1.54, 1.807) is 18.3 Å². The van der Waals surface area contributed by atoms with Crippen molar-refractivity contribution in [2.24, 2.45) is 10.8 Å². The first-order valence-corrected chi connectivity index (χ1v) is 4.02. The highest BCUT2D eigenvalue weighted by Crippen LogP contribution is 2.12. The summed E-state index contributed by atoms with van der Waals surface area (Å²) < 4.78 is 0. The van der Waals surface area contributed by atoms with Gasteiger partial charge in [-0.05, 0) is 12.1 Å². The molecule has 0 aliphatic carbocycles. The third kappa shape index (κ3) is 1.26. The van der Waals surface area contributed by atoms with Crippen LogP contribution in [0.3, 0.4) is 0 Å². The molecule has 0 radical (unpaired) electrons. The number of hydrogen-bond acceptors (Lipinski definition) is 3. The number of nitrogens with one attached hydrogen (secondary N) is 1. The fraction of sp³-hybridized carbons (Fsp3) is 0.125. The number of carbonyl (C=O) groups is 2. The number of aromatic amines is 1. The summed E-state index contributed by atoms with van der Waals surface area (Å²) in [6, 6.07) is 2.71. The van der Waals surface area contributed by atoms with Crippen LogP contribution in [-0.2, 0) is 4.79 Å². The number of imide groups is 1. The zero-order valence-corrected chi connectivity index (χ0v) is 7.23. The zero-order valence-electron chi connectivity index (χ0n) is 7.23. The molecule has 0 unspecified atom stereocenters. The largest absolute Gasteiger partial charge is 0.360 e. The molecule has 0 saturated heterocycles. The predicted octanol–water partition coefficient (Wildman–Crippen LogP) is 0.0298. The van der Waals surface area contributed by atoms with E-state index in [1.807, 2.05) is 0 Å². The number of nitrogens with two attached hydrogens (primary N) is 1. The van der Waals surface area contributed by atoms with Crippen LogP contribution in [0, 0.1) is 0 Å². The maximum absolute atomic E-state index is 11.2. The lowest BCUT2D eigenvalue weighted by atomic mass is 10.2. The van der Waals surface area contributed by atoms with Crippen LogP contribution in [0.5, 0.6) is 0 Å². The van der Waals surface area contributed by atoms with Crippen LogP contribution < -0.4 is 5.73 Å². The van der Waals surface area contributed by atoms with Gasteiger partial charge in [-0.15, -0.1) is 5.01 Å². The topological polar surface area (TPSA) is 91.6 Å². The number of urea groups is 1. The van der Waals surface area contributed by atoms with E-state index in [9.17, 15) is 9.59 Å². The Hall–Kier alpha value is -2.11. The molecule has 2 heterocycles. The average Bonchev–Trinajstić information content (AvgIpc) is 2.70.